The summed E-state index contributed by atoms with van der Waals surface area (Å²) in [5.41, 5.74) is 3.40. The molecule has 0 N–H and O–H groups in total. The molecule has 0 aliphatic rings. The van der Waals surface area contributed by atoms with Gasteiger partial charge in [0.2, 0.25) is 5.78 Å². The fourth-order valence-electron chi connectivity index (χ4n) is 2.60. The molecule has 0 aliphatic carbocycles. The van der Waals surface area contributed by atoms with Crippen LogP contribution in [-0.4, -0.2) is 5.78 Å². The maximum Gasteiger partial charge on any atom is 0.203 e. The largest absolute Gasteiger partial charge is 0.456 e. The number of para-hydroxylation sites is 1. The van der Waals surface area contributed by atoms with Crippen LogP contribution in [0.1, 0.15) is 20.8 Å². The van der Waals surface area contributed by atoms with E-state index in [1.54, 1.807) is 0 Å². The van der Waals surface area contributed by atoms with Crippen molar-refractivity contribution >= 4 is 39.1 Å². The first-order chi connectivity index (χ1) is 10.2. The zero-order chi connectivity index (χ0) is 14.4. The van der Waals surface area contributed by atoms with Gasteiger partial charge < -0.3 is 4.42 Å². The summed E-state index contributed by atoms with van der Waals surface area (Å²) < 4.78 is 5.79. The second kappa shape index (κ2) is 4.57. The average Bonchev–Trinajstić information content (AvgIpc) is 3.09. The molecule has 21 heavy (non-hydrogen) atoms. The van der Waals surface area contributed by atoms with Crippen molar-refractivity contribution in [3.05, 3.63) is 69.9 Å². The summed E-state index contributed by atoms with van der Waals surface area (Å²) in [4.78, 5) is 13.4. The number of rotatable bonds is 2. The molecule has 4 aromatic rings. The molecule has 0 saturated carbocycles. The van der Waals surface area contributed by atoms with E-state index in [0.29, 0.717) is 5.56 Å². The predicted molar refractivity (Wildman–Crippen MR) is 86.2 cm³/mol. The van der Waals surface area contributed by atoms with Gasteiger partial charge in [-0.05, 0) is 48.2 Å². The molecule has 2 nitrogen and oxygen atoms in total. The van der Waals surface area contributed by atoms with Crippen LogP contribution in [0.2, 0.25) is 0 Å². The number of carbonyl (C=O) groups excluding carboxylic acids is 1. The van der Waals surface area contributed by atoms with Crippen LogP contribution in [0, 0.1) is 6.92 Å². The van der Waals surface area contributed by atoms with Gasteiger partial charge in [0.25, 0.3) is 0 Å². The first kappa shape index (κ1) is 12.4. The summed E-state index contributed by atoms with van der Waals surface area (Å²) in [6, 6.07) is 15.5. The maximum atomic E-state index is 12.6. The van der Waals surface area contributed by atoms with Gasteiger partial charge in [-0.25, -0.2) is 0 Å². The number of hydrogen-bond acceptors (Lipinski definition) is 3. The Morgan fingerprint density at radius 1 is 1.00 bits per heavy atom. The number of benzene rings is 2. The predicted octanol–water partition coefficient (Wildman–Crippen LogP) is 5.19. The monoisotopic (exact) mass is 292 g/mol. The van der Waals surface area contributed by atoms with Gasteiger partial charge in [-0.15, -0.1) is 11.3 Å². The summed E-state index contributed by atoms with van der Waals surface area (Å²) in [6.07, 6.45) is 0. The highest BCUT2D eigenvalue weighted by Gasteiger charge is 2.15. The highest BCUT2D eigenvalue weighted by atomic mass is 32.1. The summed E-state index contributed by atoms with van der Waals surface area (Å²) in [6.45, 7) is 1.97. The molecule has 3 heteroatoms. The van der Waals surface area contributed by atoms with E-state index in [0.717, 1.165) is 32.4 Å². The molecule has 0 radical (unpaired) electrons. The van der Waals surface area contributed by atoms with Gasteiger partial charge in [0.05, 0.1) is 4.88 Å². The minimum Gasteiger partial charge on any atom is -0.456 e. The van der Waals surface area contributed by atoms with E-state index in [2.05, 4.69) is 0 Å². The molecule has 0 aliphatic heterocycles. The molecular formula is C18H12O2S. The molecule has 4 rings (SSSR count). The smallest absolute Gasteiger partial charge is 0.203 e. The van der Waals surface area contributed by atoms with Gasteiger partial charge in [-0.2, -0.15) is 0 Å². The summed E-state index contributed by atoms with van der Waals surface area (Å²) in [5, 5.41) is 3.99. The van der Waals surface area contributed by atoms with E-state index in [1.807, 2.05) is 60.8 Å². The Balaban J connectivity index is 1.92. The van der Waals surface area contributed by atoms with Crippen molar-refractivity contribution in [3.8, 4) is 0 Å². The second-order valence-electron chi connectivity index (χ2n) is 5.07. The Hall–Kier alpha value is -2.39. The topological polar surface area (TPSA) is 30.2 Å². The van der Waals surface area contributed by atoms with E-state index in [1.165, 1.54) is 11.3 Å². The molecule has 0 atom stereocenters. The summed E-state index contributed by atoms with van der Waals surface area (Å²) in [7, 11) is 0. The minimum absolute atomic E-state index is 0.0784. The van der Waals surface area contributed by atoms with Crippen LogP contribution >= 0.6 is 11.3 Å². The molecular weight excluding hydrogens is 280 g/mol. The Labute approximate surface area is 125 Å². The van der Waals surface area contributed by atoms with Crippen LogP contribution in [0.25, 0.3) is 21.9 Å². The normalized spacial score (nSPS) is 11.3. The number of hydrogen-bond donors (Lipinski definition) is 0. The van der Waals surface area contributed by atoms with Crippen LogP contribution in [0.15, 0.2) is 58.3 Å². The van der Waals surface area contributed by atoms with Crippen LogP contribution < -0.4 is 0 Å². The lowest BCUT2D eigenvalue weighted by atomic mass is 10.0. The van der Waals surface area contributed by atoms with E-state index >= 15 is 0 Å². The lowest BCUT2D eigenvalue weighted by Crippen LogP contribution is -1.99. The van der Waals surface area contributed by atoms with E-state index in [9.17, 15) is 4.79 Å². The molecule has 2 aromatic heterocycles. The molecule has 0 unspecified atom stereocenters. The third-order valence-electron chi connectivity index (χ3n) is 3.71. The Morgan fingerprint density at radius 3 is 2.62 bits per heavy atom. The van der Waals surface area contributed by atoms with Crippen molar-refractivity contribution in [2.24, 2.45) is 0 Å². The zero-order valence-electron chi connectivity index (χ0n) is 11.4. The number of carbonyl (C=O) groups is 1. The highest BCUT2D eigenvalue weighted by molar-refractivity contribution is 7.12. The number of fused-ring (bicyclic) bond motifs is 3. The van der Waals surface area contributed by atoms with Crippen molar-refractivity contribution in [1.82, 2.24) is 0 Å². The van der Waals surface area contributed by atoms with E-state index in [4.69, 9.17) is 4.42 Å². The van der Waals surface area contributed by atoms with Gasteiger partial charge in [0.1, 0.15) is 11.2 Å². The minimum atomic E-state index is 0.0784. The van der Waals surface area contributed by atoms with Gasteiger partial charge in [-0.3, -0.25) is 4.79 Å². The number of furan rings is 1. The molecule has 102 valence electrons. The molecule has 0 bridgehead atoms. The number of aryl methyl sites for hydroxylation is 1. The van der Waals surface area contributed by atoms with Gasteiger partial charge in [0, 0.05) is 16.3 Å². The van der Waals surface area contributed by atoms with Crippen LogP contribution in [-0.2, 0) is 0 Å². The Kier molecular flexibility index (Phi) is 2.69. The van der Waals surface area contributed by atoms with Crippen molar-refractivity contribution in [3.63, 3.8) is 0 Å². The van der Waals surface area contributed by atoms with Crippen LogP contribution in [0.5, 0.6) is 0 Å². The van der Waals surface area contributed by atoms with Crippen molar-refractivity contribution in [2.45, 2.75) is 6.92 Å². The third-order valence-corrected chi connectivity index (χ3v) is 4.72. The molecule has 2 aromatic carbocycles. The fraction of sp³-hybridized carbons (Fsp3) is 0.0556. The first-order valence-corrected chi connectivity index (χ1v) is 7.62. The van der Waals surface area contributed by atoms with E-state index in [-0.39, 0.29) is 5.78 Å². The number of ketones is 1. The fourth-order valence-corrected chi connectivity index (χ4v) is 3.49. The van der Waals surface area contributed by atoms with Crippen LogP contribution in [0.4, 0.5) is 0 Å². The Bertz CT molecular complexity index is 975. The summed E-state index contributed by atoms with van der Waals surface area (Å²) in [5.74, 6) is 0.0784. The van der Waals surface area contributed by atoms with Crippen LogP contribution in [0.3, 0.4) is 0 Å². The van der Waals surface area contributed by atoms with Gasteiger partial charge in [-0.1, -0.05) is 18.2 Å². The molecule has 0 fully saturated rings. The third kappa shape index (κ3) is 1.89. The second-order valence-corrected chi connectivity index (χ2v) is 5.99. The van der Waals surface area contributed by atoms with Crippen molar-refractivity contribution < 1.29 is 9.21 Å². The molecule has 0 saturated heterocycles. The van der Waals surface area contributed by atoms with Crippen molar-refractivity contribution in [1.29, 1.82) is 0 Å². The van der Waals surface area contributed by atoms with E-state index < -0.39 is 0 Å². The molecule has 2 heterocycles. The quantitative estimate of drug-likeness (QED) is 0.476. The van der Waals surface area contributed by atoms with Crippen molar-refractivity contribution in [2.75, 3.05) is 0 Å². The number of thiophene rings is 1. The maximum absolute atomic E-state index is 12.6. The SMILES string of the molecule is Cc1ccsc1C(=O)c1ccc2oc3ccccc3c2c1. The van der Waals surface area contributed by atoms with Gasteiger partial charge in [0.15, 0.2) is 0 Å². The zero-order valence-corrected chi connectivity index (χ0v) is 12.2. The Morgan fingerprint density at radius 2 is 1.81 bits per heavy atom. The summed E-state index contributed by atoms with van der Waals surface area (Å²) >= 11 is 1.49. The highest BCUT2D eigenvalue weighted by Crippen LogP contribution is 2.30. The average molecular weight is 292 g/mol. The first-order valence-electron chi connectivity index (χ1n) is 6.74. The molecule has 0 spiro atoms. The molecule has 0 amide bonds. The lowest BCUT2D eigenvalue weighted by Gasteiger charge is -2.00. The van der Waals surface area contributed by atoms with Gasteiger partial charge >= 0.3 is 0 Å². The lowest BCUT2D eigenvalue weighted by molar-refractivity contribution is 0.104. The standard InChI is InChI=1S/C18H12O2S/c1-11-8-9-21-18(11)17(19)12-6-7-16-14(10-12)13-4-2-3-5-15(13)20-16/h2-10H,1H3.